The molecule has 0 radical (unpaired) electrons. The number of sulfone groups is 1. The van der Waals surface area contributed by atoms with Crippen LogP contribution in [0.4, 0.5) is 25.8 Å². The molecule has 1 unspecified atom stereocenters. The lowest BCUT2D eigenvalue weighted by Gasteiger charge is -2.31. The first kappa shape index (κ1) is 65.6. The summed E-state index contributed by atoms with van der Waals surface area (Å²) in [6.45, 7) is 4.27. The first-order valence-electron chi connectivity index (χ1n) is 21.6. The molecule has 3 aromatic carbocycles. The number of methoxy groups -OCH3 is 1. The fourth-order valence-corrected chi connectivity index (χ4v) is 9.23. The molecule has 1 heterocycles. The van der Waals surface area contributed by atoms with E-state index in [9.17, 15) is 69.1 Å². The molecule has 1 atom stereocenters. The van der Waals surface area contributed by atoms with Gasteiger partial charge >= 0.3 is 25.8 Å². The van der Waals surface area contributed by atoms with Crippen LogP contribution in [-0.2, 0) is 54.8 Å². The van der Waals surface area contributed by atoms with Gasteiger partial charge < -0.3 is 24.5 Å². The zero-order valence-corrected chi connectivity index (χ0v) is 45.7. The van der Waals surface area contributed by atoms with E-state index in [1.807, 2.05) is 26.0 Å². The molecule has 0 aliphatic heterocycles. The number of sulfonamides is 1. The topological polar surface area (TPSA) is 351 Å². The van der Waals surface area contributed by atoms with E-state index in [0.29, 0.717) is 17.7 Å². The van der Waals surface area contributed by atoms with Gasteiger partial charge in [0.15, 0.2) is 27.2 Å². The number of aromatic nitrogens is 3. The Hall–Kier alpha value is -5.55. The smallest absolute Gasteiger partial charge is 0.355 e. The summed E-state index contributed by atoms with van der Waals surface area (Å²) in [5.41, 5.74) is 0.772. The summed E-state index contributed by atoms with van der Waals surface area (Å²) in [7, 11) is -9.80. The number of anilines is 2. The lowest BCUT2D eigenvalue weighted by atomic mass is 9.81. The van der Waals surface area contributed by atoms with Crippen LogP contribution in [0.2, 0.25) is 10.0 Å². The number of ether oxygens (including phenoxy) is 1. The van der Waals surface area contributed by atoms with Gasteiger partial charge in [-0.1, -0.05) is 48.3 Å². The van der Waals surface area contributed by atoms with Crippen LogP contribution >= 0.6 is 42.4 Å². The van der Waals surface area contributed by atoms with Gasteiger partial charge in [-0.15, -0.1) is 16.7 Å². The highest BCUT2D eigenvalue weighted by Gasteiger charge is 2.39. The predicted molar refractivity (Wildman–Crippen MR) is 273 cm³/mol. The number of halogens is 5. The molecule has 1 aromatic heterocycles. The lowest BCUT2D eigenvalue weighted by Crippen LogP contribution is -2.43. The van der Waals surface area contributed by atoms with Gasteiger partial charge in [-0.25, -0.2) is 26.2 Å². The highest BCUT2D eigenvalue weighted by molar-refractivity contribution is 7.92. The van der Waals surface area contributed by atoms with Crippen LogP contribution in [0, 0.1) is 29.9 Å². The molecule has 24 nitrogen and oxygen atoms in total. The summed E-state index contributed by atoms with van der Waals surface area (Å²) in [4.78, 5) is 98.1. The highest BCUT2D eigenvalue weighted by atomic mass is 35.5. The van der Waals surface area contributed by atoms with E-state index in [4.69, 9.17) is 54.4 Å². The molecule has 1 amide bonds. The number of hydrogen-bond donors (Lipinski definition) is 5. The van der Waals surface area contributed by atoms with E-state index in [2.05, 4.69) is 28.1 Å². The Morgan fingerprint density at radius 2 is 1.61 bits per heavy atom. The number of alkyl halides is 3. The summed E-state index contributed by atoms with van der Waals surface area (Å²) in [6.07, 6.45) is 2.55. The van der Waals surface area contributed by atoms with Gasteiger partial charge in [-0.3, -0.25) is 48.7 Å². The fraction of sp³-hybridized carbons (Fsp3) is 0.419. The van der Waals surface area contributed by atoms with Gasteiger partial charge in [0.2, 0.25) is 15.9 Å². The number of carboxylic acids is 1. The number of Topliss-reactive ketones (excluding diaryl/α,β-unsaturated/α-hetero) is 3. The molecule has 4 aromatic rings. The van der Waals surface area contributed by atoms with E-state index < -0.39 is 97.9 Å². The minimum Gasteiger partial charge on any atom is -0.480 e. The average Bonchev–Trinajstić information content (AvgIpc) is 3.59. The molecule has 1 aliphatic carbocycles. The Kier molecular flexibility index (Phi) is 25.0. The quantitative estimate of drug-likeness (QED) is 0.0205. The van der Waals surface area contributed by atoms with E-state index in [1.165, 1.54) is 13.0 Å². The lowest BCUT2D eigenvalue weighted by molar-refractivity contribution is -0.385. The van der Waals surface area contributed by atoms with Crippen molar-refractivity contribution >= 4 is 109 Å². The van der Waals surface area contributed by atoms with Crippen molar-refractivity contribution in [3.63, 3.8) is 0 Å². The van der Waals surface area contributed by atoms with Crippen LogP contribution in [0.25, 0.3) is 5.69 Å². The Bertz CT molecular complexity index is 3100. The third kappa shape index (κ3) is 19.5. The van der Waals surface area contributed by atoms with E-state index >= 15 is 0 Å². The van der Waals surface area contributed by atoms with Gasteiger partial charge in [0.1, 0.15) is 17.6 Å². The van der Waals surface area contributed by atoms with E-state index in [-0.39, 0.29) is 67.4 Å². The molecule has 414 valence electrons. The first-order chi connectivity index (χ1) is 34.6. The van der Waals surface area contributed by atoms with Crippen LogP contribution in [0.3, 0.4) is 0 Å². The Morgan fingerprint density at radius 3 is 2.08 bits per heavy atom. The number of hydrogen-bond acceptors (Lipinski definition) is 16. The fourth-order valence-electron chi connectivity index (χ4n) is 6.92. The van der Waals surface area contributed by atoms with Crippen molar-refractivity contribution in [3.8, 4) is 5.69 Å². The highest BCUT2D eigenvalue weighted by Crippen LogP contribution is 2.34. The number of ketones is 3. The van der Waals surface area contributed by atoms with Gasteiger partial charge in [0.25, 0.3) is 5.69 Å². The molecule has 0 spiro atoms. The van der Waals surface area contributed by atoms with Crippen LogP contribution in [-0.4, -0.2) is 131 Å². The minimum atomic E-state index is -4.10. The summed E-state index contributed by atoms with van der Waals surface area (Å²) in [6, 6.07) is 11.1. The van der Waals surface area contributed by atoms with Crippen LogP contribution in [0.1, 0.15) is 67.0 Å². The maximum Gasteiger partial charge on any atom is 0.355 e. The third-order valence-corrected chi connectivity index (χ3v) is 13.3. The first-order valence-corrected chi connectivity index (χ1v) is 28.4. The van der Waals surface area contributed by atoms with Crippen molar-refractivity contribution in [3.05, 3.63) is 102 Å². The SMILES string of the molecule is CCc1cccc(C)c1N(C(=O)CCl)C(C)COC.CS(=O)(=O)c1ccc(C(=O)C2C(=O)CCCC2=O)c([N+](=O)[O-])c1.Cc1nn(-c2cc(NS(C)(=O)=O)c(Cl)cc2Cl)c(=O)n1C(F)F.O=C(O)CNCP(=O)(O)O. The van der Waals surface area contributed by atoms with Crippen LogP contribution in [0.15, 0.2) is 58.2 Å². The maximum atomic E-state index is 12.8. The number of benzene rings is 3. The summed E-state index contributed by atoms with van der Waals surface area (Å²) in [5, 5.41) is 24.8. The molecule has 0 bridgehead atoms. The number of amides is 1. The number of nitro groups is 1. The zero-order chi connectivity index (χ0) is 57.5. The number of aryl methyl sites for hydroxylation is 3. The minimum absolute atomic E-state index is 0.0223. The average molecular weight is 1180 g/mol. The number of nitro benzene ring substituents is 1. The van der Waals surface area contributed by atoms with E-state index in [0.717, 1.165) is 60.0 Å². The molecule has 0 saturated heterocycles. The second-order valence-corrected chi connectivity index (χ2v) is 22.6. The predicted octanol–water partition coefficient (Wildman–Crippen LogP) is 5.50. The summed E-state index contributed by atoms with van der Waals surface area (Å²) >= 11 is 17.6. The van der Waals surface area contributed by atoms with Crippen molar-refractivity contribution in [2.24, 2.45) is 5.92 Å². The summed E-state index contributed by atoms with van der Waals surface area (Å²) in [5.74, 6) is -5.10. The Balaban J connectivity index is 0.000000355. The Labute approximate surface area is 443 Å². The van der Waals surface area contributed by atoms with Crippen LogP contribution < -0.4 is 20.6 Å². The van der Waals surface area contributed by atoms with Crippen molar-refractivity contribution in [1.29, 1.82) is 0 Å². The molecule has 32 heteroatoms. The molecule has 5 rings (SSSR count). The molecule has 1 fully saturated rings. The molecular formula is C43H53Cl3F2N7O17PS2. The third-order valence-electron chi connectivity index (χ3n) is 10.1. The Morgan fingerprint density at radius 1 is 1.01 bits per heavy atom. The van der Waals surface area contributed by atoms with Crippen molar-refractivity contribution < 1.29 is 78.7 Å². The van der Waals surface area contributed by atoms with Crippen molar-refractivity contribution in [2.45, 2.75) is 70.9 Å². The molecule has 5 N–H and O–H groups in total. The zero-order valence-electron chi connectivity index (χ0n) is 41.0. The standard InChI is InChI=1S/C15H22ClNO2.C14H13NO7S.C11H10Cl2F2N4O3S.C3H8NO5P/c1-5-13-8-6-7-11(2)15(13)17(14(18)9-16)12(3)10-19-4;1-23(21,22)8-5-6-9(10(7-8)15(19)20)14(18)13-11(16)3-2-4-12(13)17;1-5-16-19(11(20)18(5)10(14)15)9-4-8(17-23(2,21)22)6(12)3-7(9)13;5-3(6)1-4-2-10(7,8)9/h6-8,12H,5,9-10H2,1-4H3;5-7,13H,2-4H2,1H3;3-4,10,17H,1-2H3;4H,1-2H2,(H,5,6)(H2,7,8,9). The maximum absolute atomic E-state index is 12.8. The second-order valence-electron chi connectivity index (χ2n) is 16.1. The van der Waals surface area contributed by atoms with Gasteiger partial charge in [0.05, 0.1) is 74.2 Å². The van der Waals surface area contributed by atoms with Crippen molar-refractivity contribution in [1.82, 2.24) is 19.7 Å². The number of carbonyl (C=O) groups is 5. The normalized spacial score (nSPS) is 13.3. The number of nitrogens with zero attached hydrogens (tertiary/aromatic N) is 5. The monoisotopic (exact) mass is 1180 g/mol. The molecule has 75 heavy (non-hydrogen) atoms. The number of rotatable bonds is 18. The molecule has 1 aliphatic rings. The van der Waals surface area contributed by atoms with E-state index in [1.54, 1.807) is 12.0 Å². The van der Waals surface area contributed by atoms with Crippen molar-refractivity contribution in [2.75, 3.05) is 54.6 Å². The number of nitrogens with one attached hydrogen (secondary N) is 2. The second kappa shape index (κ2) is 28.5. The molecular weight excluding hydrogens is 1130 g/mol. The molecule has 1 saturated carbocycles. The number of carbonyl (C=O) groups excluding carboxylic acids is 4. The van der Waals surface area contributed by atoms with Gasteiger partial charge in [0, 0.05) is 32.3 Å². The van der Waals surface area contributed by atoms with Gasteiger partial charge in [-0.2, -0.15) is 13.5 Å². The number of aliphatic carboxylic acids is 1. The number of para-hydroxylation sites is 1. The van der Waals surface area contributed by atoms with Crippen LogP contribution in [0.5, 0.6) is 0 Å². The largest absolute Gasteiger partial charge is 0.480 e. The number of carboxylic acid groups (broad SMARTS) is 1. The summed E-state index contributed by atoms with van der Waals surface area (Å²) < 4.78 is 89.5. The van der Waals surface area contributed by atoms with Gasteiger partial charge in [-0.05, 0) is 69.0 Å².